The molecule has 6 heteroatoms. The molecular formula is C26H30N4O2. The van der Waals surface area contributed by atoms with E-state index in [0.717, 1.165) is 43.5 Å². The third kappa shape index (κ3) is 4.46. The maximum absolute atomic E-state index is 12.0. The molecule has 0 amide bonds. The number of fused-ring (bicyclic) bond motifs is 1. The number of likely N-dealkylation sites (tertiary alicyclic amines) is 1. The SMILES string of the molecule is O=C(O)[C@@H](c1ccccc1)N1CC[C@@H](n2cc(CCc3ccc4c(n3)CCCC4)cn2)C1. The van der Waals surface area contributed by atoms with Gasteiger partial charge in [0.2, 0.25) is 0 Å². The normalized spacial score (nSPS) is 19.6. The second-order valence-corrected chi connectivity index (χ2v) is 9.03. The number of rotatable bonds is 7. The minimum absolute atomic E-state index is 0.205. The molecule has 0 bridgehead atoms. The molecule has 3 heterocycles. The van der Waals surface area contributed by atoms with E-state index in [-0.39, 0.29) is 6.04 Å². The molecule has 1 saturated heterocycles. The number of aliphatic carboxylic acids is 1. The van der Waals surface area contributed by atoms with Gasteiger partial charge in [0.25, 0.3) is 0 Å². The van der Waals surface area contributed by atoms with Crippen molar-refractivity contribution in [1.29, 1.82) is 0 Å². The number of benzene rings is 1. The molecule has 32 heavy (non-hydrogen) atoms. The number of carbonyl (C=O) groups is 1. The Morgan fingerprint density at radius 3 is 2.78 bits per heavy atom. The van der Waals surface area contributed by atoms with Crippen LogP contribution in [0, 0.1) is 0 Å². The first-order valence-corrected chi connectivity index (χ1v) is 11.7. The largest absolute Gasteiger partial charge is 0.480 e. The van der Waals surface area contributed by atoms with Crippen molar-refractivity contribution < 1.29 is 9.90 Å². The Morgan fingerprint density at radius 2 is 1.94 bits per heavy atom. The molecule has 6 nitrogen and oxygen atoms in total. The predicted octanol–water partition coefficient (Wildman–Crippen LogP) is 4.01. The molecule has 2 aromatic heterocycles. The van der Waals surface area contributed by atoms with Crippen molar-refractivity contribution in [3.63, 3.8) is 0 Å². The van der Waals surface area contributed by atoms with Gasteiger partial charge in [0.05, 0.1) is 12.2 Å². The van der Waals surface area contributed by atoms with E-state index in [1.165, 1.54) is 36.1 Å². The zero-order valence-electron chi connectivity index (χ0n) is 18.4. The number of hydrogen-bond donors (Lipinski definition) is 1. The van der Waals surface area contributed by atoms with E-state index in [9.17, 15) is 9.90 Å². The van der Waals surface area contributed by atoms with E-state index in [2.05, 4.69) is 28.3 Å². The summed E-state index contributed by atoms with van der Waals surface area (Å²) in [5.74, 6) is -0.796. The average molecular weight is 431 g/mol. The molecule has 1 fully saturated rings. The fourth-order valence-electron chi connectivity index (χ4n) is 5.11. The van der Waals surface area contributed by atoms with Crippen LogP contribution in [0.4, 0.5) is 0 Å². The lowest BCUT2D eigenvalue weighted by atomic mass is 9.95. The van der Waals surface area contributed by atoms with Crippen LogP contribution in [0.15, 0.2) is 54.9 Å². The Bertz CT molecular complexity index is 1080. The van der Waals surface area contributed by atoms with Gasteiger partial charge < -0.3 is 5.11 Å². The fourth-order valence-corrected chi connectivity index (χ4v) is 5.11. The van der Waals surface area contributed by atoms with Crippen LogP contribution in [0.25, 0.3) is 0 Å². The summed E-state index contributed by atoms with van der Waals surface area (Å²) in [5, 5.41) is 14.4. The standard InChI is InChI=1S/C26H30N4O2/c31-26(32)25(21-7-2-1-3-8-21)29-15-14-23(18-29)30-17-19(16-27-30)10-12-22-13-11-20-6-4-5-9-24(20)28-22/h1-3,7-8,11,13,16-17,23,25H,4-6,9-10,12,14-15,18H2,(H,31,32)/t23-,25-/m1/s1. The summed E-state index contributed by atoms with van der Waals surface area (Å²) in [7, 11) is 0. The van der Waals surface area contributed by atoms with Crippen LogP contribution in [0.3, 0.4) is 0 Å². The van der Waals surface area contributed by atoms with Gasteiger partial charge in [0.15, 0.2) is 0 Å². The van der Waals surface area contributed by atoms with E-state index in [4.69, 9.17) is 4.98 Å². The minimum atomic E-state index is -0.796. The molecule has 5 rings (SSSR count). The van der Waals surface area contributed by atoms with Gasteiger partial charge in [0, 0.05) is 30.7 Å². The van der Waals surface area contributed by atoms with Crippen LogP contribution < -0.4 is 0 Å². The van der Waals surface area contributed by atoms with Gasteiger partial charge in [-0.25, -0.2) is 0 Å². The van der Waals surface area contributed by atoms with Crippen LogP contribution in [0.2, 0.25) is 0 Å². The summed E-state index contributed by atoms with van der Waals surface area (Å²) in [5.41, 5.74) is 5.92. The first-order chi connectivity index (χ1) is 15.7. The Morgan fingerprint density at radius 1 is 1.09 bits per heavy atom. The summed E-state index contributed by atoms with van der Waals surface area (Å²) in [6.45, 7) is 1.45. The van der Waals surface area contributed by atoms with Crippen molar-refractivity contribution in [3.05, 3.63) is 82.9 Å². The van der Waals surface area contributed by atoms with Crippen LogP contribution >= 0.6 is 0 Å². The van der Waals surface area contributed by atoms with Crippen LogP contribution in [-0.2, 0) is 30.5 Å². The first-order valence-electron chi connectivity index (χ1n) is 11.7. The molecule has 2 aliphatic rings. The van der Waals surface area contributed by atoms with Crippen LogP contribution in [-0.4, -0.2) is 43.8 Å². The number of hydrogen-bond acceptors (Lipinski definition) is 4. The predicted molar refractivity (Wildman–Crippen MR) is 123 cm³/mol. The van der Waals surface area contributed by atoms with Crippen LogP contribution in [0.5, 0.6) is 0 Å². The van der Waals surface area contributed by atoms with Gasteiger partial charge in [-0.2, -0.15) is 5.10 Å². The Hall–Kier alpha value is -2.99. The molecule has 1 aliphatic carbocycles. The highest BCUT2D eigenvalue weighted by Crippen LogP contribution is 2.30. The van der Waals surface area contributed by atoms with E-state index in [0.29, 0.717) is 6.54 Å². The lowest BCUT2D eigenvalue weighted by Gasteiger charge is -2.24. The summed E-state index contributed by atoms with van der Waals surface area (Å²) in [4.78, 5) is 18.9. The van der Waals surface area contributed by atoms with Crippen molar-refractivity contribution in [1.82, 2.24) is 19.7 Å². The molecule has 2 atom stereocenters. The molecule has 1 aliphatic heterocycles. The molecule has 1 aromatic carbocycles. The van der Waals surface area contributed by atoms with Crippen molar-refractivity contribution in [2.24, 2.45) is 0 Å². The highest BCUT2D eigenvalue weighted by Gasteiger charge is 2.34. The highest BCUT2D eigenvalue weighted by molar-refractivity contribution is 5.75. The quantitative estimate of drug-likeness (QED) is 0.613. The van der Waals surface area contributed by atoms with Crippen molar-refractivity contribution in [2.75, 3.05) is 13.1 Å². The van der Waals surface area contributed by atoms with Gasteiger partial charge in [0.1, 0.15) is 6.04 Å². The number of carboxylic acids is 1. The van der Waals surface area contributed by atoms with Gasteiger partial charge in [-0.1, -0.05) is 36.4 Å². The van der Waals surface area contributed by atoms with E-state index >= 15 is 0 Å². The number of aryl methyl sites for hydroxylation is 4. The second kappa shape index (κ2) is 9.25. The van der Waals surface area contributed by atoms with Gasteiger partial charge in [-0.05, 0) is 67.7 Å². The smallest absolute Gasteiger partial charge is 0.325 e. The molecule has 166 valence electrons. The van der Waals surface area contributed by atoms with E-state index in [1.54, 1.807) is 0 Å². The molecule has 0 radical (unpaired) electrons. The molecule has 1 N–H and O–H groups in total. The fraction of sp³-hybridized carbons (Fsp3) is 0.423. The lowest BCUT2D eigenvalue weighted by Crippen LogP contribution is -2.32. The van der Waals surface area contributed by atoms with E-state index in [1.807, 2.05) is 41.2 Å². The molecule has 0 spiro atoms. The zero-order valence-corrected chi connectivity index (χ0v) is 18.4. The third-order valence-corrected chi connectivity index (χ3v) is 6.84. The summed E-state index contributed by atoms with van der Waals surface area (Å²) < 4.78 is 2.03. The third-order valence-electron chi connectivity index (χ3n) is 6.84. The molecule has 0 saturated carbocycles. The van der Waals surface area contributed by atoms with Crippen molar-refractivity contribution in [3.8, 4) is 0 Å². The average Bonchev–Trinajstić information content (AvgIpc) is 3.48. The summed E-state index contributed by atoms with van der Waals surface area (Å²) >= 11 is 0. The summed E-state index contributed by atoms with van der Waals surface area (Å²) in [6.07, 6.45) is 11.6. The van der Waals surface area contributed by atoms with Crippen LogP contribution in [0.1, 0.15) is 59.4 Å². The minimum Gasteiger partial charge on any atom is -0.480 e. The lowest BCUT2D eigenvalue weighted by molar-refractivity contribution is -0.143. The highest BCUT2D eigenvalue weighted by atomic mass is 16.4. The van der Waals surface area contributed by atoms with Gasteiger partial charge >= 0.3 is 5.97 Å². The number of carboxylic acid groups (broad SMARTS) is 1. The second-order valence-electron chi connectivity index (χ2n) is 9.03. The first kappa shape index (κ1) is 20.9. The molecule has 0 unspecified atom stereocenters. The van der Waals surface area contributed by atoms with E-state index < -0.39 is 12.0 Å². The van der Waals surface area contributed by atoms with Gasteiger partial charge in [-0.15, -0.1) is 0 Å². The molecular weight excluding hydrogens is 400 g/mol. The summed E-state index contributed by atoms with van der Waals surface area (Å²) in [6, 6.07) is 13.5. The number of aromatic nitrogens is 3. The number of nitrogens with zero attached hydrogens (tertiary/aromatic N) is 4. The topological polar surface area (TPSA) is 71.2 Å². The van der Waals surface area contributed by atoms with Crippen molar-refractivity contribution >= 4 is 5.97 Å². The number of pyridine rings is 1. The molecule has 3 aromatic rings. The Balaban J connectivity index is 1.21. The monoisotopic (exact) mass is 430 g/mol. The zero-order chi connectivity index (χ0) is 21.9. The van der Waals surface area contributed by atoms with Gasteiger partial charge in [-0.3, -0.25) is 19.4 Å². The maximum Gasteiger partial charge on any atom is 0.325 e. The van der Waals surface area contributed by atoms with Crippen molar-refractivity contribution in [2.45, 2.75) is 57.0 Å². The maximum atomic E-state index is 12.0. The Kier molecular flexibility index (Phi) is 6.04. The Labute approximate surface area is 188 Å².